The zero-order chi connectivity index (χ0) is 18.5. The Labute approximate surface area is 152 Å². The highest BCUT2D eigenvalue weighted by molar-refractivity contribution is 5.53. The summed E-state index contributed by atoms with van der Waals surface area (Å²) in [5.41, 5.74) is 3.83. The number of aromatic nitrogens is 3. The van der Waals surface area contributed by atoms with Crippen LogP contribution in [0.5, 0.6) is 5.75 Å². The van der Waals surface area contributed by atoms with Crippen LogP contribution in [0.3, 0.4) is 0 Å². The third-order valence-corrected chi connectivity index (χ3v) is 4.25. The van der Waals surface area contributed by atoms with Gasteiger partial charge in [-0.15, -0.1) is 0 Å². The van der Waals surface area contributed by atoms with Gasteiger partial charge in [-0.05, 0) is 43.7 Å². The van der Waals surface area contributed by atoms with Gasteiger partial charge in [-0.1, -0.05) is 6.07 Å². The van der Waals surface area contributed by atoms with Gasteiger partial charge >= 0.3 is 0 Å². The molecule has 0 saturated heterocycles. The van der Waals surface area contributed by atoms with E-state index in [-0.39, 0.29) is 17.6 Å². The summed E-state index contributed by atoms with van der Waals surface area (Å²) in [7, 11) is 1.46. The second-order valence-electron chi connectivity index (χ2n) is 6.04. The minimum absolute atomic E-state index is 0.0533. The van der Waals surface area contributed by atoms with Crippen LogP contribution in [-0.4, -0.2) is 22.1 Å². The van der Waals surface area contributed by atoms with Gasteiger partial charge in [0.15, 0.2) is 17.4 Å². The summed E-state index contributed by atoms with van der Waals surface area (Å²) in [6, 6.07) is 8.69. The van der Waals surface area contributed by atoms with E-state index >= 15 is 0 Å². The first-order valence-electron chi connectivity index (χ1n) is 8.38. The van der Waals surface area contributed by atoms with Crippen molar-refractivity contribution < 1.29 is 9.13 Å². The van der Waals surface area contributed by atoms with Crippen molar-refractivity contribution in [1.29, 1.82) is 0 Å². The molecule has 0 fully saturated rings. The lowest BCUT2D eigenvalue weighted by Gasteiger charge is -2.17. The molecule has 0 aliphatic carbocycles. The minimum atomic E-state index is -0.361. The molecule has 3 rings (SSSR count). The molecule has 2 heterocycles. The van der Waals surface area contributed by atoms with Crippen molar-refractivity contribution in [2.24, 2.45) is 0 Å². The maximum Gasteiger partial charge on any atom is 0.165 e. The van der Waals surface area contributed by atoms with Crippen LogP contribution < -0.4 is 10.1 Å². The van der Waals surface area contributed by atoms with E-state index < -0.39 is 0 Å². The highest BCUT2D eigenvalue weighted by Gasteiger charge is 2.12. The van der Waals surface area contributed by atoms with E-state index in [9.17, 15) is 4.39 Å². The number of nitrogens with zero attached hydrogens (tertiary/aromatic N) is 3. The smallest absolute Gasteiger partial charge is 0.165 e. The van der Waals surface area contributed by atoms with Gasteiger partial charge in [0, 0.05) is 48.0 Å². The molecule has 134 valence electrons. The highest BCUT2D eigenvalue weighted by Crippen LogP contribution is 2.21. The maximum atomic E-state index is 13.5. The van der Waals surface area contributed by atoms with Crippen LogP contribution in [0.4, 0.5) is 4.39 Å². The number of hydrogen-bond donors (Lipinski definition) is 1. The van der Waals surface area contributed by atoms with Crippen molar-refractivity contribution in [2.75, 3.05) is 7.11 Å². The predicted octanol–water partition coefficient (Wildman–Crippen LogP) is 3.85. The van der Waals surface area contributed by atoms with E-state index in [0.717, 1.165) is 22.4 Å². The minimum Gasteiger partial charge on any atom is -0.494 e. The second-order valence-corrected chi connectivity index (χ2v) is 6.04. The first kappa shape index (κ1) is 17.9. The fourth-order valence-corrected chi connectivity index (χ4v) is 2.74. The van der Waals surface area contributed by atoms with Crippen molar-refractivity contribution >= 4 is 0 Å². The van der Waals surface area contributed by atoms with Crippen LogP contribution in [0.25, 0.3) is 11.4 Å². The number of benzene rings is 1. The van der Waals surface area contributed by atoms with Crippen molar-refractivity contribution in [3.8, 4) is 17.1 Å². The number of methoxy groups -OCH3 is 1. The lowest BCUT2D eigenvalue weighted by atomic mass is 10.1. The number of rotatable bonds is 6. The van der Waals surface area contributed by atoms with Gasteiger partial charge in [-0.3, -0.25) is 4.98 Å². The molecule has 5 nitrogen and oxygen atoms in total. The SMILES string of the molecule is COc1cc(CN[C@H](C)c2cnc(-c3ccncc3)nc2C)ccc1F. The maximum absolute atomic E-state index is 13.5. The van der Waals surface area contributed by atoms with E-state index in [1.54, 1.807) is 24.5 Å². The van der Waals surface area contributed by atoms with Gasteiger partial charge < -0.3 is 10.1 Å². The molecule has 26 heavy (non-hydrogen) atoms. The van der Waals surface area contributed by atoms with Crippen molar-refractivity contribution in [2.45, 2.75) is 26.4 Å². The fraction of sp³-hybridized carbons (Fsp3) is 0.250. The average molecular weight is 352 g/mol. The summed E-state index contributed by atoms with van der Waals surface area (Å²) in [5.74, 6) is 0.572. The molecule has 1 aromatic carbocycles. The first-order valence-corrected chi connectivity index (χ1v) is 8.38. The molecule has 0 unspecified atom stereocenters. The lowest BCUT2D eigenvalue weighted by molar-refractivity contribution is 0.385. The van der Waals surface area contributed by atoms with Gasteiger partial charge in [-0.25, -0.2) is 14.4 Å². The van der Waals surface area contributed by atoms with Crippen LogP contribution in [0, 0.1) is 12.7 Å². The van der Waals surface area contributed by atoms with Crippen LogP contribution in [0.2, 0.25) is 0 Å². The molecular formula is C20H21FN4O. The molecule has 0 radical (unpaired) electrons. The molecule has 2 aromatic heterocycles. The molecule has 1 N–H and O–H groups in total. The summed E-state index contributed by atoms with van der Waals surface area (Å²) in [4.78, 5) is 13.1. The monoisotopic (exact) mass is 352 g/mol. The summed E-state index contributed by atoms with van der Waals surface area (Å²) >= 11 is 0. The summed E-state index contributed by atoms with van der Waals surface area (Å²) in [6.07, 6.45) is 5.30. The molecule has 3 aromatic rings. The first-order chi connectivity index (χ1) is 12.6. The number of aryl methyl sites for hydroxylation is 1. The largest absolute Gasteiger partial charge is 0.494 e. The van der Waals surface area contributed by atoms with Crippen LogP contribution in [0.15, 0.2) is 48.9 Å². The van der Waals surface area contributed by atoms with Crippen molar-refractivity contribution in [3.05, 3.63) is 71.6 Å². The van der Waals surface area contributed by atoms with Gasteiger partial charge in [0.05, 0.1) is 7.11 Å². The quantitative estimate of drug-likeness (QED) is 0.730. The molecule has 1 atom stereocenters. The van der Waals surface area contributed by atoms with Crippen molar-refractivity contribution in [1.82, 2.24) is 20.3 Å². The van der Waals surface area contributed by atoms with Gasteiger partial charge in [-0.2, -0.15) is 0 Å². The Morgan fingerprint density at radius 1 is 1.19 bits per heavy atom. The van der Waals surface area contributed by atoms with E-state index in [1.165, 1.54) is 13.2 Å². The molecule has 0 bridgehead atoms. The predicted molar refractivity (Wildman–Crippen MR) is 98.2 cm³/mol. The Kier molecular flexibility index (Phi) is 5.53. The Balaban J connectivity index is 1.71. The van der Waals surface area contributed by atoms with Crippen LogP contribution in [0.1, 0.15) is 29.8 Å². The molecular weight excluding hydrogens is 331 g/mol. The van der Waals surface area contributed by atoms with Gasteiger partial charge in [0.2, 0.25) is 0 Å². The van der Waals surface area contributed by atoms with E-state index in [0.29, 0.717) is 12.4 Å². The van der Waals surface area contributed by atoms with E-state index in [4.69, 9.17) is 4.74 Å². The molecule has 0 saturated carbocycles. The molecule has 0 amide bonds. The molecule has 6 heteroatoms. The number of hydrogen-bond acceptors (Lipinski definition) is 5. The topological polar surface area (TPSA) is 59.9 Å². The average Bonchev–Trinajstić information content (AvgIpc) is 2.67. The van der Waals surface area contributed by atoms with E-state index in [2.05, 4.69) is 27.2 Å². The highest BCUT2D eigenvalue weighted by atomic mass is 19.1. The number of pyridine rings is 1. The molecule has 0 aliphatic heterocycles. The number of ether oxygens (including phenoxy) is 1. The van der Waals surface area contributed by atoms with Crippen molar-refractivity contribution in [3.63, 3.8) is 0 Å². The Morgan fingerprint density at radius 2 is 1.96 bits per heavy atom. The summed E-state index contributed by atoms with van der Waals surface area (Å²) < 4.78 is 18.5. The third-order valence-electron chi connectivity index (χ3n) is 4.25. The normalized spacial score (nSPS) is 12.0. The van der Waals surface area contributed by atoms with Crippen LogP contribution in [-0.2, 0) is 6.54 Å². The van der Waals surface area contributed by atoms with E-state index in [1.807, 2.05) is 25.3 Å². The standard InChI is InChI=1S/C20H21FN4O/c1-13(23-11-15-4-5-18(21)19(10-15)26-3)17-12-24-20(25-14(17)2)16-6-8-22-9-7-16/h4-10,12-13,23H,11H2,1-3H3/t13-/m1/s1. The second kappa shape index (κ2) is 8.01. The van der Waals surface area contributed by atoms with Gasteiger partial charge in [0.1, 0.15) is 0 Å². The Bertz CT molecular complexity index is 886. The zero-order valence-corrected chi connectivity index (χ0v) is 15.0. The molecule has 0 aliphatic rings. The number of nitrogens with one attached hydrogen (secondary N) is 1. The molecule has 0 spiro atoms. The summed E-state index contributed by atoms with van der Waals surface area (Å²) in [6.45, 7) is 4.61. The Hall–Kier alpha value is -2.86. The zero-order valence-electron chi connectivity index (χ0n) is 15.0. The third kappa shape index (κ3) is 4.03. The Morgan fingerprint density at radius 3 is 2.65 bits per heavy atom. The van der Waals surface area contributed by atoms with Crippen LogP contribution >= 0.6 is 0 Å². The van der Waals surface area contributed by atoms with Gasteiger partial charge in [0.25, 0.3) is 0 Å². The lowest BCUT2D eigenvalue weighted by Crippen LogP contribution is -2.19. The number of halogens is 1. The summed E-state index contributed by atoms with van der Waals surface area (Å²) in [5, 5.41) is 3.42. The fourth-order valence-electron chi connectivity index (χ4n) is 2.74.